The molecule has 1 aromatic heterocycles. The molecule has 1 N–H and O–H groups in total. The number of benzene rings is 5. The highest BCUT2D eigenvalue weighted by Gasteiger charge is 2.26. The van der Waals surface area contributed by atoms with Gasteiger partial charge in [0.05, 0.1) is 5.52 Å². The van der Waals surface area contributed by atoms with Crippen LogP contribution < -0.4 is 5.32 Å². The SMILES string of the molecule is O=C(N[C@@H](Cc1cn(-c2ccc(-c3ccccc3)cc2)c2ccccc12)C(=O)OCc1ccccc1)OCc1ccccc1. The molecule has 1 heterocycles. The van der Waals surface area contributed by atoms with Gasteiger partial charge in [-0.25, -0.2) is 9.59 Å². The van der Waals surface area contributed by atoms with Crippen molar-refractivity contribution in [2.45, 2.75) is 25.7 Å². The van der Waals surface area contributed by atoms with Crippen LogP contribution in [0.1, 0.15) is 16.7 Å². The summed E-state index contributed by atoms with van der Waals surface area (Å²) in [6.45, 7) is 0.198. The van der Waals surface area contributed by atoms with Crippen molar-refractivity contribution in [3.8, 4) is 16.8 Å². The number of nitrogens with zero attached hydrogens (tertiary/aromatic N) is 1. The summed E-state index contributed by atoms with van der Waals surface area (Å²) in [5, 5.41) is 3.75. The van der Waals surface area contributed by atoms with Gasteiger partial charge in [-0.05, 0) is 46.0 Å². The molecule has 44 heavy (non-hydrogen) atoms. The van der Waals surface area contributed by atoms with Gasteiger partial charge in [0.25, 0.3) is 0 Å². The van der Waals surface area contributed by atoms with E-state index in [4.69, 9.17) is 9.47 Å². The highest BCUT2D eigenvalue weighted by molar-refractivity contribution is 5.88. The predicted molar refractivity (Wildman–Crippen MR) is 172 cm³/mol. The van der Waals surface area contributed by atoms with E-state index in [1.807, 2.05) is 109 Å². The lowest BCUT2D eigenvalue weighted by atomic mass is 10.1. The number of ether oxygens (including phenoxy) is 2. The Labute approximate surface area is 256 Å². The molecule has 6 rings (SSSR count). The number of nitrogens with one attached hydrogen (secondary N) is 1. The van der Waals surface area contributed by atoms with Gasteiger partial charge in [-0.2, -0.15) is 0 Å². The largest absolute Gasteiger partial charge is 0.459 e. The number of hydrogen-bond acceptors (Lipinski definition) is 4. The molecule has 218 valence electrons. The van der Waals surface area contributed by atoms with Crippen LogP contribution in [0.2, 0.25) is 0 Å². The summed E-state index contributed by atoms with van der Waals surface area (Å²) < 4.78 is 13.2. The third-order valence-corrected chi connectivity index (χ3v) is 7.48. The van der Waals surface area contributed by atoms with Crippen LogP contribution in [0.15, 0.2) is 146 Å². The molecule has 0 saturated carbocycles. The van der Waals surface area contributed by atoms with E-state index in [0.717, 1.165) is 44.4 Å². The normalized spacial score (nSPS) is 11.5. The second kappa shape index (κ2) is 13.6. The van der Waals surface area contributed by atoms with Gasteiger partial charge in [0.1, 0.15) is 19.3 Å². The number of fused-ring (bicyclic) bond motifs is 1. The summed E-state index contributed by atoms with van der Waals surface area (Å²) in [6, 6.07) is 44.6. The number of carbonyl (C=O) groups is 2. The van der Waals surface area contributed by atoms with Gasteiger partial charge in [-0.1, -0.05) is 121 Å². The van der Waals surface area contributed by atoms with Crippen molar-refractivity contribution in [2.75, 3.05) is 0 Å². The standard InChI is InChI=1S/C38H32N2O4/c41-37(43-26-28-12-4-1-5-13-28)35(39-38(42)44-27-29-14-6-2-7-15-29)24-32-25-40(36-19-11-10-18-34(32)36)33-22-20-31(21-23-33)30-16-8-3-9-17-30/h1-23,25,35H,24,26-27H2,(H,39,42)/t35-/m0/s1. The molecule has 1 amide bonds. The highest BCUT2D eigenvalue weighted by atomic mass is 16.6. The highest BCUT2D eigenvalue weighted by Crippen LogP contribution is 2.28. The molecule has 6 aromatic rings. The molecule has 0 spiro atoms. The van der Waals surface area contributed by atoms with Gasteiger partial charge in [-0.3, -0.25) is 0 Å². The number of alkyl carbamates (subject to hydrolysis) is 1. The first-order chi connectivity index (χ1) is 21.6. The summed E-state index contributed by atoms with van der Waals surface area (Å²) >= 11 is 0. The van der Waals surface area contributed by atoms with E-state index in [-0.39, 0.29) is 19.6 Å². The van der Waals surface area contributed by atoms with Crippen molar-refractivity contribution < 1.29 is 19.1 Å². The Bertz CT molecular complexity index is 1830. The van der Waals surface area contributed by atoms with Crippen LogP contribution in [-0.4, -0.2) is 22.7 Å². The Hall–Kier alpha value is -5.62. The molecular formula is C38H32N2O4. The predicted octanol–water partition coefficient (Wildman–Crippen LogP) is 7.88. The second-order valence-corrected chi connectivity index (χ2v) is 10.5. The number of rotatable bonds is 10. The molecule has 6 nitrogen and oxygen atoms in total. The fourth-order valence-electron chi connectivity index (χ4n) is 5.22. The maximum Gasteiger partial charge on any atom is 0.408 e. The molecule has 0 fully saturated rings. The minimum atomic E-state index is -0.957. The third-order valence-electron chi connectivity index (χ3n) is 7.48. The Balaban J connectivity index is 1.25. The summed E-state index contributed by atoms with van der Waals surface area (Å²) in [4.78, 5) is 26.3. The minimum Gasteiger partial charge on any atom is -0.459 e. The van der Waals surface area contributed by atoms with Crippen molar-refractivity contribution in [3.05, 3.63) is 162 Å². The molecular weight excluding hydrogens is 548 g/mol. The lowest BCUT2D eigenvalue weighted by Crippen LogP contribution is -2.43. The average molecular weight is 581 g/mol. The van der Waals surface area contributed by atoms with Gasteiger partial charge in [0.2, 0.25) is 0 Å². The van der Waals surface area contributed by atoms with E-state index < -0.39 is 18.1 Å². The van der Waals surface area contributed by atoms with Gasteiger partial charge in [0.15, 0.2) is 0 Å². The Kier molecular flexibility index (Phi) is 8.79. The fraction of sp³-hybridized carbons (Fsp3) is 0.105. The number of aromatic nitrogens is 1. The van der Waals surface area contributed by atoms with Crippen molar-refractivity contribution in [2.24, 2.45) is 0 Å². The van der Waals surface area contributed by atoms with Gasteiger partial charge in [0, 0.05) is 23.7 Å². The van der Waals surface area contributed by atoms with Gasteiger partial charge >= 0.3 is 12.1 Å². The smallest absolute Gasteiger partial charge is 0.408 e. The molecule has 1 atom stereocenters. The van der Waals surface area contributed by atoms with E-state index >= 15 is 0 Å². The first-order valence-electron chi connectivity index (χ1n) is 14.6. The summed E-state index contributed by atoms with van der Waals surface area (Å²) in [5.41, 5.74) is 6.89. The first-order valence-corrected chi connectivity index (χ1v) is 14.6. The van der Waals surface area contributed by atoms with Crippen molar-refractivity contribution in [1.82, 2.24) is 9.88 Å². The van der Waals surface area contributed by atoms with Crippen LogP contribution in [0.5, 0.6) is 0 Å². The Morgan fingerprint density at radius 2 is 1.16 bits per heavy atom. The number of amides is 1. The van der Waals surface area contributed by atoms with Crippen LogP contribution in [0.25, 0.3) is 27.7 Å². The zero-order chi connectivity index (χ0) is 30.1. The second-order valence-electron chi connectivity index (χ2n) is 10.5. The molecule has 0 saturated heterocycles. The van der Waals surface area contributed by atoms with Crippen LogP contribution in [0.4, 0.5) is 4.79 Å². The summed E-state index contributed by atoms with van der Waals surface area (Å²) in [5.74, 6) is -0.533. The van der Waals surface area contributed by atoms with Crippen molar-refractivity contribution in [3.63, 3.8) is 0 Å². The van der Waals surface area contributed by atoms with Gasteiger partial charge < -0.3 is 19.4 Å². The molecule has 0 radical (unpaired) electrons. The number of carbonyl (C=O) groups excluding carboxylic acids is 2. The van der Waals surface area contributed by atoms with Crippen LogP contribution >= 0.6 is 0 Å². The van der Waals surface area contributed by atoms with E-state index in [1.165, 1.54) is 0 Å². The molecule has 0 aliphatic rings. The monoisotopic (exact) mass is 580 g/mol. The third kappa shape index (κ3) is 6.88. The first kappa shape index (κ1) is 28.5. The fourth-order valence-corrected chi connectivity index (χ4v) is 5.22. The maximum atomic E-state index is 13.4. The zero-order valence-corrected chi connectivity index (χ0v) is 24.1. The number of hydrogen-bond donors (Lipinski definition) is 1. The lowest BCUT2D eigenvalue weighted by molar-refractivity contribution is -0.147. The van der Waals surface area contributed by atoms with Gasteiger partial charge in [-0.15, -0.1) is 0 Å². The quantitative estimate of drug-likeness (QED) is 0.167. The molecule has 6 heteroatoms. The van der Waals surface area contributed by atoms with Crippen LogP contribution in [0, 0.1) is 0 Å². The van der Waals surface area contributed by atoms with Crippen LogP contribution in [0.3, 0.4) is 0 Å². The Morgan fingerprint density at radius 1 is 0.614 bits per heavy atom. The number of esters is 1. The van der Waals surface area contributed by atoms with Crippen molar-refractivity contribution >= 4 is 23.0 Å². The maximum absolute atomic E-state index is 13.4. The van der Waals surface area contributed by atoms with Crippen LogP contribution in [-0.2, 0) is 33.9 Å². The molecule has 5 aromatic carbocycles. The minimum absolute atomic E-state index is 0.0940. The molecule has 0 unspecified atom stereocenters. The lowest BCUT2D eigenvalue weighted by Gasteiger charge is -2.18. The Morgan fingerprint density at radius 3 is 1.82 bits per heavy atom. The number of para-hydroxylation sites is 1. The van der Waals surface area contributed by atoms with E-state index in [2.05, 4.69) is 46.3 Å². The van der Waals surface area contributed by atoms with E-state index in [0.29, 0.717) is 0 Å². The molecule has 0 aliphatic carbocycles. The van der Waals surface area contributed by atoms with E-state index in [1.54, 1.807) is 0 Å². The molecule has 0 bridgehead atoms. The topological polar surface area (TPSA) is 69.6 Å². The molecule has 0 aliphatic heterocycles. The summed E-state index contributed by atoms with van der Waals surface area (Å²) in [7, 11) is 0. The van der Waals surface area contributed by atoms with Crippen molar-refractivity contribution in [1.29, 1.82) is 0 Å². The average Bonchev–Trinajstić information content (AvgIpc) is 3.45. The van der Waals surface area contributed by atoms with E-state index in [9.17, 15) is 9.59 Å². The summed E-state index contributed by atoms with van der Waals surface area (Å²) in [6.07, 6.45) is 1.57. The zero-order valence-electron chi connectivity index (χ0n) is 24.1.